The molecular weight excluding hydrogens is 302 g/mol. The van der Waals surface area contributed by atoms with Crippen molar-refractivity contribution in [3.05, 3.63) is 41.7 Å². The van der Waals surface area contributed by atoms with Crippen LogP contribution < -0.4 is 0 Å². The smallest absolute Gasteiger partial charge is 0.332 e. The molecular formula is C16H16ClN3O2. The van der Waals surface area contributed by atoms with E-state index in [2.05, 4.69) is 10.1 Å². The quantitative estimate of drug-likeness (QED) is 0.639. The first-order chi connectivity index (χ1) is 10.7. The van der Waals surface area contributed by atoms with Gasteiger partial charge >= 0.3 is 5.97 Å². The normalized spacial score (nSPS) is 15.5. The van der Waals surface area contributed by atoms with Crippen molar-refractivity contribution in [1.82, 2.24) is 14.8 Å². The van der Waals surface area contributed by atoms with Gasteiger partial charge in [-0.1, -0.05) is 23.7 Å². The molecule has 0 unspecified atom stereocenters. The summed E-state index contributed by atoms with van der Waals surface area (Å²) in [5.74, 6) is 0.211. The Morgan fingerprint density at radius 1 is 1.36 bits per heavy atom. The van der Waals surface area contributed by atoms with Crippen LogP contribution in [0.3, 0.4) is 0 Å². The van der Waals surface area contributed by atoms with Crippen LogP contribution in [0.5, 0.6) is 0 Å². The molecule has 0 N–H and O–H groups in total. The van der Waals surface area contributed by atoms with Crippen LogP contribution in [0.2, 0.25) is 5.02 Å². The number of nitrogens with zero attached hydrogens (tertiary/aromatic N) is 3. The van der Waals surface area contributed by atoms with Gasteiger partial charge in [-0.3, -0.25) is 0 Å². The molecule has 1 aromatic carbocycles. The fourth-order valence-corrected chi connectivity index (χ4v) is 2.64. The summed E-state index contributed by atoms with van der Waals surface area (Å²) in [6.45, 7) is 0. The second-order valence-electron chi connectivity index (χ2n) is 5.22. The maximum atomic E-state index is 11.7. The van der Waals surface area contributed by atoms with E-state index in [1.54, 1.807) is 18.3 Å². The number of halogens is 1. The van der Waals surface area contributed by atoms with Crippen LogP contribution in [0, 0.1) is 0 Å². The van der Waals surface area contributed by atoms with Gasteiger partial charge in [0.15, 0.2) is 5.82 Å². The number of hydrogen-bond donors (Lipinski definition) is 0. The van der Waals surface area contributed by atoms with E-state index in [1.165, 1.54) is 17.1 Å². The fourth-order valence-electron chi connectivity index (χ4n) is 2.45. The summed E-state index contributed by atoms with van der Waals surface area (Å²) in [5, 5.41) is 4.91. The van der Waals surface area contributed by atoms with E-state index in [0.29, 0.717) is 10.8 Å². The summed E-state index contributed by atoms with van der Waals surface area (Å²) >= 11 is 5.95. The highest BCUT2D eigenvalue weighted by Crippen LogP contribution is 2.21. The molecule has 0 amide bonds. The third-order valence-corrected chi connectivity index (χ3v) is 3.77. The molecule has 0 aliphatic heterocycles. The van der Waals surface area contributed by atoms with Crippen molar-refractivity contribution >= 4 is 23.8 Å². The van der Waals surface area contributed by atoms with Gasteiger partial charge in [0, 0.05) is 22.9 Å². The van der Waals surface area contributed by atoms with E-state index >= 15 is 0 Å². The molecule has 22 heavy (non-hydrogen) atoms. The summed E-state index contributed by atoms with van der Waals surface area (Å²) in [4.78, 5) is 15.9. The zero-order chi connectivity index (χ0) is 15.4. The molecule has 1 aliphatic carbocycles. The zero-order valence-electron chi connectivity index (χ0n) is 12.0. The minimum Gasteiger partial charge on any atom is -0.459 e. The average Bonchev–Trinajstić information content (AvgIpc) is 3.16. The first kappa shape index (κ1) is 14.8. The second kappa shape index (κ2) is 6.75. The highest BCUT2D eigenvalue weighted by molar-refractivity contribution is 6.30. The number of aromatic nitrogens is 3. The number of rotatable bonds is 4. The van der Waals surface area contributed by atoms with Crippen molar-refractivity contribution in [2.45, 2.75) is 31.8 Å². The Balaban J connectivity index is 1.63. The Kier molecular flexibility index (Phi) is 4.53. The largest absolute Gasteiger partial charge is 0.459 e. The molecule has 0 bridgehead atoms. The summed E-state index contributed by atoms with van der Waals surface area (Å²) in [7, 11) is 0. The SMILES string of the molecule is O=C(C=Cn1cnc(-c2cccc(Cl)c2)n1)OC1CCCC1. The lowest BCUT2D eigenvalue weighted by Crippen LogP contribution is -2.12. The van der Waals surface area contributed by atoms with Crippen molar-refractivity contribution in [1.29, 1.82) is 0 Å². The van der Waals surface area contributed by atoms with E-state index in [4.69, 9.17) is 16.3 Å². The molecule has 6 heteroatoms. The summed E-state index contributed by atoms with van der Waals surface area (Å²) < 4.78 is 6.81. The Bertz CT molecular complexity index is 690. The molecule has 1 fully saturated rings. The number of carbonyl (C=O) groups is 1. The zero-order valence-corrected chi connectivity index (χ0v) is 12.7. The number of hydrogen-bond acceptors (Lipinski definition) is 4. The van der Waals surface area contributed by atoms with Gasteiger partial charge in [-0.25, -0.2) is 14.5 Å². The van der Waals surface area contributed by atoms with E-state index in [9.17, 15) is 4.79 Å². The lowest BCUT2D eigenvalue weighted by Gasteiger charge is -2.08. The molecule has 0 radical (unpaired) electrons. The van der Waals surface area contributed by atoms with Gasteiger partial charge in [0.1, 0.15) is 12.4 Å². The van der Waals surface area contributed by atoms with Gasteiger partial charge in [-0.05, 0) is 37.8 Å². The molecule has 1 aliphatic rings. The van der Waals surface area contributed by atoms with Crippen molar-refractivity contribution in [2.75, 3.05) is 0 Å². The molecule has 1 aromatic heterocycles. The average molecular weight is 318 g/mol. The molecule has 2 aromatic rings. The standard InChI is InChI=1S/C16H16ClN3O2/c17-13-5-3-4-12(10-13)16-18-11-20(19-16)9-8-15(21)22-14-6-1-2-7-14/h3-5,8-11,14H,1-2,6-7H2. The number of benzene rings is 1. The lowest BCUT2D eigenvalue weighted by atomic mass is 10.2. The monoisotopic (exact) mass is 317 g/mol. The van der Waals surface area contributed by atoms with E-state index in [-0.39, 0.29) is 12.1 Å². The van der Waals surface area contributed by atoms with Crippen LogP contribution >= 0.6 is 11.6 Å². The second-order valence-corrected chi connectivity index (χ2v) is 5.65. The fraction of sp³-hybridized carbons (Fsp3) is 0.312. The number of ether oxygens (including phenoxy) is 1. The Morgan fingerprint density at radius 2 is 2.18 bits per heavy atom. The van der Waals surface area contributed by atoms with Gasteiger partial charge < -0.3 is 4.74 Å². The highest BCUT2D eigenvalue weighted by atomic mass is 35.5. The maximum absolute atomic E-state index is 11.7. The molecule has 0 spiro atoms. The topological polar surface area (TPSA) is 57.0 Å². The van der Waals surface area contributed by atoms with Gasteiger partial charge in [0.2, 0.25) is 0 Å². The minimum atomic E-state index is -0.341. The van der Waals surface area contributed by atoms with Crippen LogP contribution in [0.1, 0.15) is 25.7 Å². The van der Waals surface area contributed by atoms with Crippen LogP contribution in [0.4, 0.5) is 0 Å². The van der Waals surface area contributed by atoms with Crippen molar-refractivity contribution < 1.29 is 9.53 Å². The number of carbonyl (C=O) groups excluding carboxylic acids is 1. The van der Waals surface area contributed by atoms with Crippen LogP contribution in [0.15, 0.2) is 36.7 Å². The first-order valence-corrected chi connectivity index (χ1v) is 7.64. The van der Waals surface area contributed by atoms with Gasteiger partial charge in [-0.15, -0.1) is 5.10 Å². The molecule has 1 saturated carbocycles. The number of esters is 1. The van der Waals surface area contributed by atoms with Crippen molar-refractivity contribution in [3.63, 3.8) is 0 Å². The van der Waals surface area contributed by atoms with Gasteiger partial charge in [-0.2, -0.15) is 0 Å². The molecule has 0 saturated heterocycles. The van der Waals surface area contributed by atoms with Crippen LogP contribution in [0.25, 0.3) is 17.6 Å². The highest BCUT2D eigenvalue weighted by Gasteiger charge is 2.17. The Hall–Kier alpha value is -2.14. The summed E-state index contributed by atoms with van der Waals surface area (Å²) in [6, 6.07) is 7.30. The predicted molar refractivity (Wildman–Crippen MR) is 84.1 cm³/mol. The third-order valence-electron chi connectivity index (χ3n) is 3.54. The summed E-state index contributed by atoms with van der Waals surface area (Å²) in [5.41, 5.74) is 0.827. The van der Waals surface area contributed by atoms with Crippen LogP contribution in [-0.2, 0) is 9.53 Å². The lowest BCUT2D eigenvalue weighted by molar-refractivity contribution is -0.142. The van der Waals surface area contributed by atoms with Gasteiger partial charge in [0.25, 0.3) is 0 Å². The predicted octanol–water partition coefficient (Wildman–Crippen LogP) is 3.56. The van der Waals surface area contributed by atoms with Gasteiger partial charge in [0.05, 0.1) is 0 Å². The molecule has 5 nitrogen and oxygen atoms in total. The van der Waals surface area contributed by atoms with E-state index in [1.807, 2.05) is 12.1 Å². The van der Waals surface area contributed by atoms with E-state index in [0.717, 1.165) is 31.2 Å². The van der Waals surface area contributed by atoms with Crippen molar-refractivity contribution in [2.24, 2.45) is 0 Å². The first-order valence-electron chi connectivity index (χ1n) is 7.26. The molecule has 0 atom stereocenters. The molecule has 114 valence electrons. The van der Waals surface area contributed by atoms with Crippen LogP contribution in [-0.4, -0.2) is 26.8 Å². The minimum absolute atomic E-state index is 0.0647. The molecule has 1 heterocycles. The third kappa shape index (κ3) is 3.74. The van der Waals surface area contributed by atoms with E-state index < -0.39 is 0 Å². The Labute approximate surface area is 133 Å². The maximum Gasteiger partial charge on any atom is 0.332 e. The van der Waals surface area contributed by atoms with Crippen molar-refractivity contribution in [3.8, 4) is 11.4 Å². The molecule has 3 rings (SSSR count). The Morgan fingerprint density at radius 3 is 2.95 bits per heavy atom. The summed E-state index contributed by atoms with van der Waals surface area (Å²) in [6.07, 6.45) is 8.70.